The molecular formula is C10H14N4S. The molecule has 2 heterocycles. The van der Waals surface area contributed by atoms with Gasteiger partial charge in [0.05, 0.1) is 18.8 Å². The molecule has 80 valence electrons. The molecule has 0 radical (unpaired) electrons. The van der Waals surface area contributed by atoms with Crippen molar-refractivity contribution >= 4 is 11.3 Å². The van der Waals surface area contributed by atoms with E-state index in [1.165, 1.54) is 4.88 Å². The van der Waals surface area contributed by atoms with Gasteiger partial charge in [-0.15, -0.1) is 11.3 Å². The third-order valence-corrected chi connectivity index (χ3v) is 3.42. The molecule has 0 spiro atoms. The highest BCUT2D eigenvalue weighted by Gasteiger charge is 2.06. The summed E-state index contributed by atoms with van der Waals surface area (Å²) < 4.78 is 2.04. The molecule has 0 aliphatic rings. The molecule has 2 rings (SSSR count). The van der Waals surface area contributed by atoms with Crippen molar-refractivity contribution in [2.45, 2.75) is 26.9 Å². The molecule has 4 nitrogen and oxygen atoms in total. The van der Waals surface area contributed by atoms with Crippen LogP contribution in [0.3, 0.4) is 0 Å². The van der Waals surface area contributed by atoms with Crippen LogP contribution < -0.4 is 5.73 Å². The van der Waals surface area contributed by atoms with Crippen LogP contribution in [0.15, 0.2) is 12.4 Å². The minimum absolute atomic E-state index is 0.469. The summed E-state index contributed by atoms with van der Waals surface area (Å²) in [6.45, 7) is 5.36. The number of hydrogen-bond acceptors (Lipinski definition) is 4. The average Bonchev–Trinajstić information content (AvgIpc) is 2.75. The topological polar surface area (TPSA) is 56.7 Å². The number of thiazole rings is 1. The SMILES string of the molecule is Cc1nc(Cn2ccnc2CN)sc1C. The number of nitrogens with two attached hydrogens (primary N) is 1. The number of aryl methyl sites for hydroxylation is 2. The Kier molecular flexibility index (Phi) is 2.83. The first kappa shape index (κ1) is 10.3. The summed E-state index contributed by atoms with van der Waals surface area (Å²) in [5, 5.41) is 1.11. The van der Waals surface area contributed by atoms with Crippen LogP contribution >= 0.6 is 11.3 Å². The Morgan fingerprint density at radius 1 is 1.47 bits per heavy atom. The van der Waals surface area contributed by atoms with Gasteiger partial charge in [0.15, 0.2) is 0 Å². The fourth-order valence-corrected chi connectivity index (χ4v) is 2.36. The quantitative estimate of drug-likeness (QED) is 0.855. The maximum atomic E-state index is 5.58. The first-order valence-corrected chi connectivity index (χ1v) is 5.65. The number of imidazole rings is 1. The van der Waals surface area contributed by atoms with E-state index in [4.69, 9.17) is 5.73 Å². The third-order valence-electron chi connectivity index (χ3n) is 2.36. The monoisotopic (exact) mass is 222 g/mol. The Balaban J connectivity index is 2.21. The summed E-state index contributed by atoms with van der Waals surface area (Å²) in [6.07, 6.45) is 3.71. The maximum absolute atomic E-state index is 5.58. The standard InChI is InChI=1S/C10H14N4S/c1-7-8(2)15-10(13-7)6-14-4-3-12-9(14)5-11/h3-4H,5-6,11H2,1-2H3. The molecular weight excluding hydrogens is 208 g/mol. The Labute approximate surface area is 92.8 Å². The lowest BCUT2D eigenvalue weighted by atomic mass is 10.4. The highest BCUT2D eigenvalue weighted by Crippen LogP contribution is 2.17. The van der Waals surface area contributed by atoms with E-state index in [1.54, 1.807) is 17.5 Å². The van der Waals surface area contributed by atoms with Crippen LogP contribution in [-0.2, 0) is 13.1 Å². The van der Waals surface area contributed by atoms with E-state index in [2.05, 4.69) is 16.9 Å². The number of nitrogens with zero attached hydrogens (tertiary/aromatic N) is 3. The van der Waals surface area contributed by atoms with Gasteiger partial charge in [0.2, 0.25) is 0 Å². The van der Waals surface area contributed by atoms with Gasteiger partial charge in [-0.05, 0) is 13.8 Å². The Morgan fingerprint density at radius 3 is 2.87 bits per heavy atom. The van der Waals surface area contributed by atoms with Crippen LogP contribution in [0.2, 0.25) is 0 Å². The summed E-state index contributed by atoms with van der Waals surface area (Å²) in [5.41, 5.74) is 6.70. The van der Waals surface area contributed by atoms with E-state index < -0.39 is 0 Å². The molecule has 2 N–H and O–H groups in total. The zero-order chi connectivity index (χ0) is 10.8. The van der Waals surface area contributed by atoms with Gasteiger partial charge in [0.1, 0.15) is 10.8 Å². The average molecular weight is 222 g/mol. The predicted molar refractivity (Wildman–Crippen MR) is 60.8 cm³/mol. The van der Waals surface area contributed by atoms with E-state index in [9.17, 15) is 0 Å². The lowest BCUT2D eigenvalue weighted by Crippen LogP contribution is -2.08. The Bertz CT molecular complexity index is 438. The minimum atomic E-state index is 0.469. The molecule has 0 aromatic carbocycles. The molecule has 0 saturated carbocycles. The third kappa shape index (κ3) is 2.08. The number of hydrogen-bond donors (Lipinski definition) is 1. The van der Waals surface area contributed by atoms with Gasteiger partial charge in [-0.1, -0.05) is 0 Å². The van der Waals surface area contributed by atoms with Gasteiger partial charge >= 0.3 is 0 Å². The Morgan fingerprint density at radius 2 is 2.27 bits per heavy atom. The molecule has 15 heavy (non-hydrogen) atoms. The Hall–Kier alpha value is -1.20. The first-order chi connectivity index (χ1) is 7.20. The highest BCUT2D eigenvalue weighted by atomic mass is 32.1. The van der Waals surface area contributed by atoms with E-state index >= 15 is 0 Å². The van der Waals surface area contributed by atoms with Crippen molar-refractivity contribution in [3.63, 3.8) is 0 Å². The second kappa shape index (κ2) is 4.12. The second-order valence-electron chi connectivity index (χ2n) is 3.42. The number of rotatable bonds is 3. The molecule has 0 atom stereocenters. The zero-order valence-corrected chi connectivity index (χ0v) is 9.71. The van der Waals surface area contributed by atoms with E-state index in [-0.39, 0.29) is 0 Å². The van der Waals surface area contributed by atoms with Crippen LogP contribution in [0.1, 0.15) is 21.4 Å². The zero-order valence-electron chi connectivity index (χ0n) is 8.90. The molecule has 0 aliphatic heterocycles. The lowest BCUT2D eigenvalue weighted by Gasteiger charge is -2.02. The van der Waals surface area contributed by atoms with Gasteiger partial charge in [-0.3, -0.25) is 0 Å². The van der Waals surface area contributed by atoms with Crippen molar-refractivity contribution in [2.24, 2.45) is 5.73 Å². The summed E-state index contributed by atoms with van der Waals surface area (Å²) >= 11 is 1.73. The van der Waals surface area contributed by atoms with Crippen molar-refractivity contribution in [3.8, 4) is 0 Å². The van der Waals surface area contributed by atoms with Crippen molar-refractivity contribution in [1.82, 2.24) is 14.5 Å². The van der Waals surface area contributed by atoms with E-state index in [0.29, 0.717) is 6.54 Å². The highest BCUT2D eigenvalue weighted by molar-refractivity contribution is 7.11. The molecule has 0 bridgehead atoms. The van der Waals surface area contributed by atoms with Gasteiger partial charge in [0, 0.05) is 17.3 Å². The minimum Gasteiger partial charge on any atom is -0.327 e. The molecule has 0 unspecified atom stereocenters. The van der Waals surface area contributed by atoms with Crippen LogP contribution in [0, 0.1) is 13.8 Å². The van der Waals surface area contributed by atoms with Crippen molar-refractivity contribution < 1.29 is 0 Å². The van der Waals surface area contributed by atoms with Crippen LogP contribution in [-0.4, -0.2) is 14.5 Å². The summed E-state index contributed by atoms with van der Waals surface area (Å²) in [6, 6.07) is 0. The van der Waals surface area contributed by atoms with Crippen molar-refractivity contribution in [2.75, 3.05) is 0 Å². The van der Waals surface area contributed by atoms with Gasteiger partial charge in [-0.2, -0.15) is 0 Å². The van der Waals surface area contributed by atoms with Crippen LogP contribution in [0.5, 0.6) is 0 Å². The molecule has 5 heteroatoms. The number of aromatic nitrogens is 3. The normalized spacial score (nSPS) is 10.9. The van der Waals surface area contributed by atoms with E-state index in [1.807, 2.05) is 17.7 Å². The van der Waals surface area contributed by atoms with Gasteiger partial charge < -0.3 is 10.3 Å². The van der Waals surface area contributed by atoms with Crippen LogP contribution in [0.25, 0.3) is 0 Å². The maximum Gasteiger partial charge on any atom is 0.122 e. The van der Waals surface area contributed by atoms with Crippen LogP contribution in [0.4, 0.5) is 0 Å². The molecule has 0 saturated heterocycles. The largest absolute Gasteiger partial charge is 0.327 e. The smallest absolute Gasteiger partial charge is 0.122 e. The van der Waals surface area contributed by atoms with Gasteiger partial charge in [0.25, 0.3) is 0 Å². The molecule has 0 aliphatic carbocycles. The first-order valence-electron chi connectivity index (χ1n) is 4.83. The second-order valence-corrected chi connectivity index (χ2v) is 4.71. The lowest BCUT2D eigenvalue weighted by molar-refractivity contribution is 0.719. The predicted octanol–water partition coefficient (Wildman–Crippen LogP) is 1.46. The molecule has 0 fully saturated rings. The van der Waals surface area contributed by atoms with E-state index in [0.717, 1.165) is 23.1 Å². The molecule has 2 aromatic rings. The fraction of sp³-hybridized carbons (Fsp3) is 0.400. The van der Waals surface area contributed by atoms with Crippen molar-refractivity contribution in [3.05, 3.63) is 33.8 Å². The summed E-state index contributed by atoms with van der Waals surface area (Å²) in [4.78, 5) is 9.94. The molecule has 0 amide bonds. The van der Waals surface area contributed by atoms with Gasteiger partial charge in [-0.25, -0.2) is 9.97 Å². The fourth-order valence-electron chi connectivity index (χ4n) is 1.43. The summed E-state index contributed by atoms with van der Waals surface area (Å²) in [7, 11) is 0. The van der Waals surface area contributed by atoms with Crippen molar-refractivity contribution in [1.29, 1.82) is 0 Å². The summed E-state index contributed by atoms with van der Waals surface area (Å²) in [5.74, 6) is 0.903. The molecule has 2 aromatic heterocycles.